The number of ether oxygens (including phenoxy) is 1. The summed E-state index contributed by atoms with van der Waals surface area (Å²) in [7, 11) is 0. The Balaban J connectivity index is 1.78. The van der Waals surface area contributed by atoms with Crippen LogP contribution in [0.2, 0.25) is 0 Å². The molecule has 2 atom stereocenters. The third-order valence-electron chi connectivity index (χ3n) is 3.46. The van der Waals surface area contributed by atoms with Crippen LogP contribution >= 0.6 is 0 Å². The van der Waals surface area contributed by atoms with Gasteiger partial charge in [0.15, 0.2) is 0 Å². The number of aryl methyl sites for hydroxylation is 2. The van der Waals surface area contributed by atoms with E-state index in [1.54, 1.807) is 6.26 Å². The highest BCUT2D eigenvalue weighted by Gasteiger charge is 2.12. The molecule has 0 saturated carbocycles. The number of furan rings is 1. The van der Waals surface area contributed by atoms with E-state index in [1.165, 1.54) is 0 Å². The lowest BCUT2D eigenvalue weighted by atomic mass is 10.1. The molecule has 0 amide bonds. The van der Waals surface area contributed by atoms with E-state index in [2.05, 4.69) is 5.32 Å². The molecule has 4 nitrogen and oxygen atoms in total. The molecule has 2 rings (SSSR count). The van der Waals surface area contributed by atoms with Crippen LogP contribution in [0.1, 0.15) is 29.9 Å². The average Bonchev–Trinajstić information content (AvgIpc) is 2.98. The Morgan fingerprint density at radius 3 is 2.52 bits per heavy atom. The van der Waals surface area contributed by atoms with Crippen LogP contribution < -0.4 is 10.1 Å². The Labute approximate surface area is 125 Å². The summed E-state index contributed by atoms with van der Waals surface area (Å²) in [6.45, 7) is 6.73. The Kier molecular flexibility index (Phi) is 5.42. The van der Waals surface area contributed by atoms with Crippen molar-refractivity contribution >= 4 is 0 Å². The predicted octanol–water partition coefficient (Wildman–Crippen LogP) is 2.99. The van der Waals surface area contributed by atoms with Gasteiger partial charge in [0.05, 0.1) is 12.3 Å². The Morgan fingerprint density at radius 1 is 1.19 bits per heavy atom. The van der Waals surface area contributed by atoms with Crippen molar-refractivity contribution in [2.24, 2.45) is 0 Å². The lowest BCUT2D eigenvalue weighted by Gasteiger charge is -2.18. The van der Waals surface area contributed by atoms with Gasteiger partial charge in [-0.2, -0.15) is 0 Å². The number of para-hydroxylation sites is 1. The minimum Gasteiger partial charge on any atom is -0.490 e. The number of hydrogen-bond acceptors (Lipinski definition) is 4. The highest BCUT2D eigenvalue weighted by atomic mass is 16.5. The zero-order chi connectivity index (χ0) is 15.2. The monoisotopic (exact) mass is 289 g/mol. The Bertz CT molecular complexity index is 531. The first-order valence-electron chi connectivity index (χ1n) is 7.21. The molecule has 0 aliphatic carbocycles. The molecule has 0 radical (unpaired) electrons. The van der Waals surface area contributed by atoms with Crippen LogP contribution in [0.5, 0.6) is 5.75 Å². The van der Waals surface area contributed by atoms with Crippen molar-refractivity contribution in [1.82, 2.24) is 5.32 Å². The van der Waals surface area contributed by atoms with Crippen molar-refractivity contribution in [2.45, 2.75) is 32.9 Å². The van der Waals surface area contributed by atoms with Gasteiger partial charge >= 0.3 is 0 Å². The number of benzene rings is 1. The van der Waals surface area contributed by atoms with Crippen molar-refractivity contribution < 1.29 is 14.3 Å². The zero-order valence-electron chi connectivity index (χ0n) is 12.8. The summed E-state index contributed by atoms with van der Waals surface area (Å²) >= 11 is 0. The summed E-state index contributed by atoms with van der Waals surface area (Å²) in [5, 5.41) is 13.2. The zero-order valence-corrected chi connectivity index (χ0v) is 12.8. The Hall–Kier alpha value is -1.78. The smallest absolute Gasteiger partial charge is 0.125 e. The fraction of sp³-hybridized carbons (Fsp3) is 0.412. The summed E-state index contributed by atoms with van der Waals surface area (Å²) in [4.78, 5) is 0. The average molecular weight is 289 g/mol. The molecule has 21 heavy (non-hydrogen) atoms. The summed E-state index contributed by atoms with van der Waals surface area (Å²) in [6.07, 6.45) is 1.08. The third kappa shape index (κ3) is 4.34. The molecular weight excluding hydrogens is 266 g/mol. The van der Waals surface area contributed by atoms with Gasteiger partial charge < -0.3 is 19.6 Å². The molecule has 1 aromatic heterocycles. The van der Waals surface area contributed by atoms with Crippen LogP contribution in [0, 0.1) is 13.8 Å². The van der Waals surface area contributed by atoms with Gasteiger partial charge in [0.25, 0.3) is 0 Å². The van der Waals surface area contributed by atoms with Gasteiger partial charge in [-0.1, -0.05) is 18.2 Å². The molecule has 1 heterocycles. The van der Waals surface area contributed by atoms with E-state index < -0.39 is 6.10 Å². The standard InChI is InChI=1S/C17H23NO3/c1-12-6-4-7-13(2)17(12)21-11-15(19)10-18-14(3)16-8-5-9-20-16/h4-9,14-15,18-19H,10-11H2,1-3H3. The molecule has 2 N–H and O–H groups in total. The van der Waals surface area contributed by atoms with Crippen molar-refractivity contribution in [3.8, 4) is 5.75 Å². The van der Waals surface area contributed by atoms with Crippen molar-refractivity contribution in [2.75, 3.05) is 13.2 Å². The van der Waals surface area contributed by atoms with Gasteiger partial charge in [-0.15, -0.1) is 0 Å². The maximum atomic E-state index is 10.0. The fourth-order valence-electron chi connectivity index (χ4n) is 2.22. The maximum absolute atomic E-state index is 10.0. The molecule has 1 aromatic carbocycles. The molecule has 2 aromatic rings. The molecule has 2 unspecified atom stereocenters. The number of hydrogen-bond donors (Lipinski definition) is 2. The van der Waals surface area contributed by atoms with E-state index in [-0.39, 0.29) is 12.6 Å². The first-order chi connectivity index (χ1) is 10.1. The number of aliphatic hydroxyl groups excluding tert-OH is 1. The van der Waals surface area contributed by atoms with Crippen LogP contribution in [-0.4, -0.2) is 24.4 Å². The second-order valence-corrected chi connectivity index (χ2v) is 5.33. The van der Waals surface area contributed by atoms with Gasteiger partial charge in [-0.25, -0.2) is 0 Å². The van der Waals surface area contributed by atoms with Gasteiger partial charge in [-0.3, -0.25) is 0 Å². The lowest BCUT2D eigenvalue weighted by Crippen LogP contribution is -2.33. The molecule has 0 fully saturated rings. The summed E-state index contributed by atoms with van der Waals surface area (Å²) < 4.78 is 11.1. The van der Waals surface area contributed by atoms with Gasteiger partial charge in [0.2, 0.25) is 0 Å². The van der Waals surface area contributed by atoms with E-state index in [1.807, 2.05) is 51.1 Å². The van der Waals surface area contributed by atoms with E-state index in [0.717, 1.165) is 22.6 Å². The SMILES string of the molecule is Cc1cccc(C)c1OCC(O)CNC(C)c1ccco1. The van der Waals surface area contributed by atoms with Crippen LogP contribution in [0.25, 0.3) is 0 Å². The molecule has 0 spiro atoms. The van der Waals surface area contributed by atoms with E-state index in [0.29, 0.717) is 6.54 Å². The fourth-order valence-corrected chi connectivity index (χ4v) is 2.22. The van der Waals surface area contributed by atoms with E-state index >= 15 is 0 Å². The molecule has 0 aliphatic heterocycles. The van der Waals surface area contributed by atoms with Crippen molar-refractivity contribution in [1.29, 1.82) is 0 Å². The van der Waals surface area contributed by atoms with E-state index in [4.69, 9.17) is 9.15 Å². The largest absolute Gasteiger partial charge is 0.490 e. The number of nitrogens with one attached hydrogen (secondary N) is 1. The Morgan fingerprint density at radius 2 is 1.90 bits per heavy atom. The molecular formula is C17H23NO3. The predicted molar refractivity (Wildman–Crippen MR) is 82.5 cm³/mol. The minimum absolute atomic E-state index is 0.0647. The van der Waals surface area contributed by atoms with Crippen LogP contribution in [0.3, 0.4) is 0 Å². The molecule has 4 heteroatoms. The van der Waals surface area contributed by atoms with E-state index in [9.17, 15) is 5.11 Å². The minimum atomic E-state index is -0.568. The normalized spacial score (nSPS) is 13.9. The maximum Gasteiger partial charge on any atom is 0.125 e. The lowest BCUT2D eigenvalue weighted by molar-refractivity contribution is 0.102. The molecule has 114 valence electrons. The van der Waals surface area contributed by atoms with Crippen LogP contribution in [0.15, 0.2) is 41.0 Å². The van der Waals surface area contributed by atoms with Crippen molar-refractivity contribution in [3.05, 3.63) is 53.5 Å². The van der Waals surface area contributed by atoms with Gasteiger partial charge in [-0.05, 0) is 44.0 Å². The first-order valence-corrected chi connectivity index (χ1v) is 7.21. The number of aliphatic hydroxyl groups is 1. The summed E-state index contributed by atoms with van der Waals surface area (Å²) in [5.74, 6) is 1.72. The highest BCUT2D eigenvalue weighted by molar-refractivity contribution is 5.39. The van der Waals surface area contributed by atoms with Crippen LogP contribution in [0.4, 0.5) is 0 Å². The molecule has 0 aliphatic rings. The first kappa shape index (κ1) is 15.6. The summed E-state index contributed by atoms with van der Waals surface area (Å²) in [6, 6.07) is 9.85. The van der Waals surface area contributed by atoms with Gasteiger partial charge in [0, 0.05) is 6.54 Å². The second kappa shape index (κ2) is 7.29. The van der Waals surface area contributed by atoms with Crippen LogP contribution in [-0.2, 0) is 0 Å². The third-order valence-corrected chi connectivity index (χ3v) is 3.46. The quantitative estimate of drug-likeness (QED) is 0.823. The summed E-state index contributed by atoms with van der Waals surface area (Å²) in [5.41, 5.74) is 2.17. The molecule has 0 bridgehead atoms. The highest BCUT2D eigenvalue weighted by Crippen LogP contribution is 2.22. The second-order valence-electron chi connectivity index (χ2n) is 5.33. The number of rotatable bonds is 7. The molecule has 0 saturated heterocycles. The van der Waals surface area contributed by atoms with Crippen molar-refractivity contribution in [3.63, 3.8) is 0 Å². The van der Waals surface area contributed by atoms with Gasteiger partial charge in [0.1, 0.15) is 24.2 Å². The topological polar surface area (TPSA) is 54.6 Å².